The number of halogens is 5. The maximum Gasteiger partial charge on any atom is 0.416 e. The van der Waals surface area contributed by atoms with Gasteiger partial charge < -0.3 is 31.7 Å². The van der Waals surface area contributed by atoms with Crippen LogP contribution in [0.25, 0.3) is 66.2 Å². The van der Waals surface area contributed by atoms with Crippen LogP contribution >= 0.6 is 0 Å². The largest absolute Gasteiger partial charge is 0.416 e. The van der Waals surface area contributed by atoms with E-state index in [9.17, 15) is 22.0 Å². The van der Waals surface area contributed by atoms with Crippen molar-refractivity contribution in [1.29, 1.82) is 0 Å². The number of hydrogen-bond donors (Lipinski definition) is 0. The molecule has 646 valence electrons. The van der Waals surface area contributed by atoms with Crippen molar-refractivity contribution in [3.8, 4) is 47.4 Å². The summed E-state index contributed by atoms with van der Waals surface area (Å²) in [4.78, 5) is 27.2. The number of fused-ring (bicyclic) bond motifs is 8. The van der Waals surface area contributed by atoms with Gasteiger partial charge in [0.25, 0.3) is 0 Å². The quantitative estimate of drug-likeness (QED) is 0.0810. The average Bonchev–Trinajstić information content (AvgIpc) is 1.63. The maximum absolute atomic E-state index is 13.7. The molecular weight excluding hydrogens is 1670 g/mol. The van der Waals surface area contributed by atoms with Crippen LogP contribution in [0, 0.1) is 75.1 Å². The van der Waals surface area contributed by atoms with Crippen LogP contribution in [0.1, 0.15) is 201 Å². The third-order valence-electron chi connectivity index (χ3n) is 22.0. The predicted octanol–water partition coefficient (Wildman–Crippen LogP) is 16.7. The van der Waals surface area contributed by atoms with Crippen LogP contribution in [0.15, 0.2) is 197 Å². The predicted molar refractivity (Wildman–Crippen MR) is 461 cm³/mol. The molecule has 0 atom stereocenters. The lowest BCUT2D eigenvalue weighted by atomic mass is 9.96. The normalized spacial score (nSPS) is 12.9. The van der Waals surface area contributed by atoms with E-state index in [0.717, 1.165) is 128 Å². The van der Waals surface area contributed by atoms with Gasteiger partial charge in [0, 0.05) is 71.4 Å². The zero-order valence-electron chi connectivity index (χ0n) is 71.0. The monoisotopic (exact) mass is 1740 g/mol. The van der Waals surface area contributed by atoms with E-state index >= 15 is 0 Å². The Bertz CT molecular complexity index is 7760. The van der Waals surface area contributed by atoms with Crippen LogP contribution in [-0.4, -0.2) is 127 Å². The molecule has 22 rings (SSSR count). The van der Waals surface area contributed by atoms with E-state index in [4.69, 9.17) is 31.7 Å². The smallest absolute Gasteiger partial charge is 0.355 e. The third-order valence-corrected chi connectivity index (χ3v) is 22.0. The minimum atomic E-state index is -4.42. The van der Waals surface area contributed by atoms with Crippen LogP contribution in [0.4, 0.5) is 22.0 Å². The molecule has 130 heavy (non-hydrogen) atoms. The van der Waals surface area contributed by atoms with Crippen molar-refractivity contribution in [1.82, 2.24) is 114 Å². The Morgan fingerprint density at radius 2 is 0.938 bits per heavy atom. The van der Waals surface area contributed by atoms with Gasteiger partial charge in [-0.3, -0.25) is 9.30 Å². The second kappa shape index (κ2) is 34.6. The van der Waals surface area contributed by atoms with Crippen molar-refractivity contribution in [3.63, 3.8) is 0 Å². The summed E-state index contributed by atoms with van der Waals surface area (Å²) in [7, 11) is 0. The molecule has 15 aromatic heterocycles. The van der Waals surface area contributed by atoms with Gasteiger partial charge in [-0.05, 0) is 172 Å². The molecule has 30 nitrogen and oxygen atoms in total. The fourth-order valence-corrected chi connectivity index (χ4v) is 14.9. The number of pyridine rings is 2. The molecule has 0 amide bonds. The summed E-state index contributed by atoms with van der Waals surface area (Å²) in [5.41, 5.74) is 17.5. The number of rotatable bonds is 12. The van der Waals surface area contributed by atoms with Gasteiger partial charge in [-0.2, -0.15) is 52.2 Å². The molecule has 0 N–H and O–H groups in total. The summed E-state index contributed by atoms with van der Waals surface area (Å²) in [5, 5.41) is 52.5. The van der Waals surface area contributed by atoms with E-state index in [1.54, 1.807) is 55.4 Å². The maximum atomic E-state index is 13.7. The van der Waals surface area contributed by atoms with Crippen molar-refractivity contribution in [2.45, 2.75) is 137 Å². The fraction of sp³-hybridized carbons (Fsp3) is 0.242. The van der Waals surface area contributed by atoms with Gasteiger partial charge in [-0.1, -0.05) is 141 Å². The van der Waals surface area contributed by atoms with E-state index in [1.165, 1.54) is 18.5 Å². The first-order valence-corrected chi connectivity index (χ1v) is 41.4. The Hall–Kier alpha value is -16.3. The van der Waals surface area contributed by atoms with E-state index in [-0.39, 0.29) is 24.1 Å². The highest BCUT2D eigenvalue weighted by atomic mass is 19.4. The molecule has 1 saturated carbocycles. The van der Waals surface area contributed by atoms with Crippen molar-refractivity contribution >= 4 is 66.2 Å². The lowest BCUT2D eigenvalue weighted by Gasteiger charge is -2.17. The Labute approximate surface area is 734 Å². The van der Waals surface area contributed by atoms with E-state index in [2.05, 4.69) is 144 Å². The zero-order chi connectivity index (χ0) is 89.5. The number of benzene rings is 5. The lowest BCUT2D eigenvalue weighted by molar-refractivity contribution is -0.137. The minimum Gasteiger partial charge on any atom is -0.355 e. The van der Waals surface area contributed by atoms with Gasteiger partial charge in [0.15, 0.2) is 45.3 Å². The molecule has 1 aliphatic heterocycles. The van der Waals surface area contributed by atoms with Crippen molar-refractivity contribution in [2.75, 3.05) is 13.1 Å². The Balaban J connectivity index is 0.000000113. The van der Waals surface area contributed by atoms with Gasteiger partial charge in [0.2, 0.25) is 29.3 Å². The highest BCUT2D eigenvalue weighted by Gasteiger charge is 2.34. The minimum absolute atomic E-state index is 0.0230. The Morgan fingerprint density at radius 3 is 1.50 bits per heavy atom. The molecule has 0 radical (unpaired) electrons. The Morgan fingerprint density at radius 1 is 0.446 bits per heavy atom. The second-order valence-corrected chi connectivity index (χ2v) is 32.6. The summed E-state index contributed by atoms with van der Waals surface area (Å²) < 4.78 is 113. The highest BCUT2D eigenvalue weighted by Crippen LogP contribution is 2.40. The van der Waals surface area contributed by atoms with Gasteiger partial charge in [-0.25, -0.2) is 28.5 Å². The van der Waals surface area contributed by atoms with E-state index in [0.29, 0.717) is 134 Å². The number of aryl methyl sites for hydroxylation is 4. The first-order chi connectivity index (χ1) is 62.9. The zero-order valence-corrected chi connectivity index (χ0v) is 71.0. The first-order valence-electron chi connectivity index (χ1n) is 41.4. The number of likely N-dealkylation sites (tertiary alicyclic amines) is 1. The molecule has 1 aliphatic carbocycles. The standard InChI is InChI=1S/C30H25F3N4O.C22H19N7O2.C22H16N6O2.C21H14F2N6O2/c1-20-7-9-26-27(17-21-14-22(19-36-11-4-5-12-36)16-24(15-21)30(31,32)33)35-38-29(26)25(20)10-8-23-18-34-37-13-3-2-6-28(23)37;1-13-5-7-16-17(9-18-26-21(28-30-18)22(2,3)4)27-31-19(16)15(13)8-6-14-10-25-29-12-23-11-24-20(14)29;1-13-2-6-17-18(10-20-25-22(27-29-20)14-3-4-14)26-30-21(17)16(13)7-5-15-11-24-28-12-23-9-8-19(15)28;1-12-6-7-14-15(11-18-24-20(28-30-18)21(2,22)23)27-31-19(14)13(12)8-9-17-26-25-16-5-3-4-10-29(16)17/h2-3,6-7,9,13-16,18H,4-5,11-12,17,19H2,1H3;5,7,10-12H,9H2,1-4H3;2,6,8-9,11-12,14H,3-4,10H2,1H3;3-7,10H,11H2,1-2H3. The van der Waals surface area contributed by atoms with Crippen LogP contribution in [0.5, 0.6) is 0 Å². The van der Waals surface area contributed by atoms with Gasteiger partial charge in [0.1, 0.15) is 36.1 Å². The third kappa shape index (κ3) is 17.6. The second-order valence-electron chi connectivity index (χ2n) is 32.6. The van der Waals surface area contributed by atoms with Gasteiger partial charge in [0.05, 0.1) is 99.1 Å². The summed E-state index contributed by atoms with van der Waals surface area (Å²) in [6.45, 7) is 17.0. The number of aromatic nitrogens is 22. The van der Waals surface area contributed by atoms with Crippen molar-refractivity contribution < 1.29 is 53.6 Å². The fourth-order valence-electron chi connectivity index (χ4n) is 14.9. The van der Waals surface area contributed by atoms with Gasteiger partial charge >= 0.3 is 12.1 Å². The molecule has 0 bridgehead atoms. The van der Waals surface area contributed by atoms with Crippen LogP contribution in [0.3, 0.4) is 0 Å². The van der Waals surface area contributed by atoms with Crippen LogP contribution < -0.4 is 0 Å². The molecule has 5 aromatic carbocycles. The van der Waals surface area contributed by atoms with E-state index in [1.807, 2.05) is 158 Å². The van der Waals surface area contributed by atoms with Crippen molar-refractivity contribution in [3.05, 3.63) is 307 Å². The molecule has 2 fully saturated rings. The number of hydrogen-bond acceptors (Lipinski definition) is 26. The Kier molecular flexibility index (Phi) is 22.2. The number of alkyl halides is 5. The molecule has 1 saturated heterocycles. The summed E-state index contributed by atoms with van der Waals surface area (Å²) in [6, 6.07) is 33.1. The van der Waals surface area contributed by atoms with E-state index < -0.39 is 23.5 Å². The highest BCUT2D eigenvalue weighted by molar-refractivity contribution is 5.90. The first kappa shape index (κ1) is 83.3. The van der Waals surface area contributed by atoms with Gasteiger partial charge in [-0.15, -0.1) is 10.2 Å². The summed E-state index contributed by atoms with van der Waals surface area (Å²) >= 11 is 0. The molecule has 0 unspecified atom stereocenters. The average molecular weight is 1740 g/mol. The molecule has 2 aliphatic rings. The topological polar surface area (TPSA) is 345 Å². The molecule has 35 heteroatoms. The molecule has 0 spiro atoms. The summed E-state index contributed by atoms with van der Waals surface area (Å²) in [6.07, 6.45) is 16.4. The molecule has 16 heterocycles. The molecule has 20 aromatic rings. The lowest BCUT2D eigenvalue weighted by Crippen LogP contribution is -2.19. The van der Waals surface area contributed by atoms with Crippen LogP contribution in [0.2, 0.25) is 0 Å². The summed E-state index contributed by atoms with van der Waals surface area (Å²) in [5.74, 6) is 25.0. The number of nitrogens with zero attached hydrogens (tertiary/aromatic N) is 23. The van der Waals surface area contributed by atoms with Crippen molar-refractivity contribution in [2.24, 2.45) is 0 Å². The SMILES string of the molecule is Cc1ccc2c(Cc3cc(CN4CCCC4)cc(C(F)(F)F)c3)noc2c1C#Cc1cnn2ccccc12.Cc1ccc2c(Cc3nc(C(C)(C)C)no3)noc2c1C#Cc1cnn2cncnc12.Cc1ccc2c(Cc3nc(C(C)(F)F)no3)noc2c1C#Cc1nnc2ccccn12.Cc1ccc2c(Cc3nc(C4CC4)no3)noc2c1C#Cc1cnn2cnccc12. The van der Waals surface area contributed by atoms with Crippen LogP contribution in [-0.2, 0) is 49.7 Å². The molecular formula is C95H74F5N23O7.